The van der Waals surface area contributed by atoms with Crippen molar-refractivity contribution < 1.29 is 17.6 Å². The first-order valence-corrected chi connectivity index (χ1v) is 10.8. The number of amides is 1. The molecule has 146 valence electrons. The molecule has 4 rings (SSSR count). The van der Waals surface area contributed by atoms with E-state index in [0.717, 1.165) is 16.6 Å². The number of nitrogens with zero attached hydrogens (tertiary/aromatic N) is 2. The Morgan fingerprint density at radius 1 is 1.29 bits per heavy atom. The molecule has 1 aliphatic rings. The van der Waals surface area contributed by atoms with E-state index in [1.54, 1.807) is 29.8 Å². The zero-order chi connectivity index (χ0) is 19.9. The van der Waals surface area contributed by atoms with Crippen LogP contribution in [0.4, 0.5) is 4.39 Å². The number of rotatable bonds is 4. The Labute approximate surface area is 162 Å². The molecule has 1 aliphatic heterocycles. The van der Waals surface area contributed by atoms with Crippen LogP contribution < -0.4 is 5.32 Å². The number of carbonyl (C=O) groups is 1. The van der Waals surface area contributed by atoms with Crippen molar-refractivity contribution >= 4 is 26.8 Å². The number of benzene rings is 1. The summed E-state index contributed by atoms with van der Waals surface area (Å²) in [5.41, 5.74) is 1.39. The molecule has 1 amide bonds. The normalized spacial score (nSPS) is 21.1. The Kier molecular flexibility index (Phi) is 4.45. The van der Waals surface area contributed by atoms with Crippen LogP contribution in [-0.4, -0.2) is 40.9 Å². The van der Waals surface area contributed by atoms with Crippen molar-refractivity contribution in [2.24, 2.45) is 0 Å². The monoisotopic (exact) mass is 401 g/mol. The summed E-state index contributed by atoms with van der Waals surface area (Å²) in [5, 5.41) is 3.74. The van der Waals surface area contributed by atoms with E-state index < -0.39 is 15.4 Å². The highest BCUT2D eigenvalue weighted by molar-refractivity contribution is 7.91. The summed E-state index contributed by atoms with van der Waals surface area (Å²) in [6.07, 6.45) is 2.05. The van der Waals surface area contributed by atoms with Gasteiger partial charge in [-0.1, -0.05) is 0 Å². The molecular formula is C20H20FN3O3S. The number of hydrogen-bond acceptors (Lipinski definition) is 4. The molecule has 1 unspecified atom stereocenters. The highest BCUT2D eigenvalue weighted by atomic mass is 32.2. The fraction of sp³-hybridized carbons (Fsp3) is 0.300. The third kappa shape index (κ3) is 3.64. The lowest BCUT2D eigenvalue weighted by Gasteiger charge is -2.24. The predicted molar refractivity (Wildman–Crippen MR) is 105 cm³/mol. The number of carbonyl (C=O) groups excluding carboxylic acids is 1. The van der Waals surface area contributed by atoms with Crippen molar-refractivity contribution in [3.05, 3.63) is 54.5 Å². The van der Waals surface area contributed by atoms with E-state index in [0.29, 0.717) is 12.1 Å². The van der Waals surface area contributed by atoms with Gasteiger partial charge in [0, 0.05) is 11.6 Å². The Bertz CT molecular complexity index is 1160. The molecule has 0 bridgehead atoms. The lowest BCUT2D eigenvalue weighted by Crippen LogP contribution is -2.48. The highest BCUT2D eigenvalue weighted by Gasteiger charge is 2.39. The fourth-order valence-electron chi connectivity index (χ4n) is 3.74. The van der Waals surface area contributed by atoms with Gasteiger partial charge in [0.15, 0.2) is 9.84 Å². The maximum Gasteiger partial charge on any atom is 0.240 e. The van der Waals surface area contributed by atoms with E-state index in [1.807, 2.05) is 18.2 Å². The molecule has 0 radical (unpaired) electrons. The Morgan fingerprint density at radius 2 is 2.04 bits per heavy atom. The van der Waals surface area contributed by atoms with E-state index in [9.17, 15) is 17.6 Å². The molecule has 1 N–H and O–H groups in total. The summed E-state index contributed by atoms with van der Waals surface area (Å²) in [5.74, 6) is -0.594. The molecule has 28 heavy (non-hydrogen) atoms. The minimum atomic E-state index is -3.12. The molecule has 3 heterocycles. The molecule has 0 saturated carbocycles. The largest absolute Gasteiger partial charge is 0.348 e. The number of pyridine rings is 1. The van der Waals surface area contributed by atoms with Crippen molar-refractivity contribution in [1.82, 2.24) is 14.9 Å². The molecule has 2 aromatic heterocycles. The van der Waals surface area contributed by atoms with Crippen LogP contribution in [0.5, 0.6) is 0 Å². The summed E-state index contributed by atoms with van der Waals surface area (Å²) in [7, 11) is -3.12. The van der Waals surface area contributed by atoms with E-state index in [-0.39, 0.29) is 29.8 Å². The van der Waals surface area contributed by atoms with E-state index >= 15 is 0 Å². The number of sulfone groups is 1. The van der Waals surface area contributed by atoms with Gasteiger partial charge >= 0.3 is 0 Å². The van der Waals surface area contributed by atoms with E-state index in [4.69, 9.17) is 0 Å². The number of halogens is 1. The van der Waals surface area contributed by atoms with Crippen LogP contribution in [0.2, 0.25) is 0 Å². The van der Waals surface area contributed by atoms with Gasteiger partial charge in [0.1, 0.15) is 18.0 Å². The van der Waals surface area contributed by atoms with Crippen LogP contribution in [0.1, 0.15) is 13.3 Å². The van der Waals surface area contributed by atoms with Crippen molar-refractivity contribution in [3.63, 3.8) is 0 Å². The minimum Gasteiger partial charge on any atom is -0.348 e. The van der Waals surface area contributed by atoms with Crippen molar-refractivity contribution in [2.75, 3.05) is 11.5 Å². The van der Waals surface area contributed by atoms with Crippen LogP contribution in [0.15, 0.2) is 48.7 Å². The van der Waals surface area contributed by atoms with Crippen molar-refractivity contribution in [1.29, 1.82) is 0 Å². The lowest BCUT2D eigenvalue weighted by atomic mass is 10.0. The Balaban J connectivity index is 1.67. The second kappa shape index (κ2) is 6.70. The van der Waals surface area contributed by atoms with E-state index in [2.05, 4.69) is 10.3 Å². The zero-order valence-corrected chi connectivity index (χ0v) is 16.2. The zero-order valence-electron chi connectivity index (χ0n) is 15.4. The number of hydrogen-bond donors (Lipinski definition) is 1. The first kappa shape index (κ1) is 18.6. The van der Waals surface area contributed by atoms with E-state index in [1.165, 1.54) is 12.1 Å². The quantitative estimate of drug-likeness (QED) is 0.729. The molecule has 0 spiro atoms. The van der Waals surface area contributed by atoms with Gasteiger partial charge in [0.2, 0.25) is 5.91 Å². The van der Waals surface area contributed by atoms with Gasteiger partial charge in [-0.2, -0.15) is 0 Å². The third-order valence-corrected chi connectivity index (χ3v) is 6.94. The SMILES string of the molecule is CC1(NC(=O)Cn2c(-c3ccc(F)cc3)cc3cccnc32)CCS(=O)(=O)C1. The predicted octanol–water partition coefficient (Wildman–Crippen LogP) is 2.54. The van der Waals surface area contributed by atoms with Crippen LogP contribution in [0.3, 0.4) is 0 Å². The second-order valence-corrected chi connectivity index (χ2v) is 9.67. The van der Waals surface area contributed by atoms with Gasteiger partial charge in [-0.05, 0) is 61.4 Å². The summed E-state index contributed by atoms with van der Waals surface area (Å²) < 4.78 is 38.7. The van der Waals surface area contributed by atoms with Crippen LogP contribution in [0, 0.1) is 5.82 Å². The van der Waals surface area contributed by atoms with Gasteiger partial charge in [-0.3, -0.25) is 4.79 Å². The van der Waals surface area contributed by atoms with Crippen LogP contribution in [0.25, 0.3) is 22.3 Å². The number of aromatic nitrogens is 2. The van der Waals surface area contributed by atoms with Gasteiger partial charge in [0.25, 0.3) is 0 Å². The van der Waals surface area contributed by atoms with Crippen LogP contribution >= 0.6 is 0 Å². The second-order valence-electron chi connectivity index (χ2n) is 7.49. The molecule has 3 aromatic rings. The minimum absolute atomic E-state index is 0.0111. The van der Waals surface area contributed by atoms with Crippen LogP contribution in [-0.2, 0) is 21.2 Å². The maximum absolute atomic E-state index is 13.3. The average Bonchev–Trinajstić information content (AvgIpc) is 3.12. The van der Waals surface area contributed by atoms with Crippen molar-refractivity contribution in [2.45, 2.75) is 25.4 Å². The molecule has 8 heteroatoms. The Hall–Kier alpha value is -2.74. The number of fused-ring (bicyclic) bond motifs is 1. The number of nitrogens with one attached hydrogen (secondary N) is 1. The maximum atomic E-state index is 13.3. The standard InChI is InChI=1S/C20H20FN3O3S/c1-20(8-10-28(26,27)13-20)23-18(25)12-24-17(14-4-6-16(21)7-5-14)11-15-3-2-9-22-19(15)24/h2-7,9,11H,8,10,12-13H2,1H3,(H,23,25). The summed E-state index contributed by atoms with van der Waals surface area (Å²) in [4.78, 5) is 17.1. The molecule has 6 nitrogen and oxygen atoms in total. The molecular weight excluding hydrogens is 381 g/mol. The lowest BCUT2D eigenvalue weighted by molar-refractivity contribution is -0.123. The smallest absolute Gasteiger partial charge is 0.240 e. The summed E-state index contributed by atoms with van der Waals surface area (Å²) in [6, 6.07) is 11.7. The topological polar surface area (TPSA) is 81.1 Å². The van der Waals surface area contributed by atoms with Gasteiger partial charge in [-0.25, -0.2) is 17.8 Å². The van der Waals surface area contributed by atoms with Gasteiger partial charge in [0.05, 0.1) is 22.7 Å². The average molecular weight is 401 g/mol. The first-order valence-electron chi connectivity index (χ1n) is 8.96. The van der Waals surface area contributed by atoms with Gasteiger partial charge in [-0.15, -0.1) is 0 Å². The molecule has 1 aromatic carbocycles. The molecule has 0 aliphatic carbocycles. The molecule has 1 saturated heterocycles. The summed E-state index contributed by atoms with van der Waals surface area (Å²) in [6.45, 7) is 1.74. The highest BCUT2D eigenvalue weighted by Crippen LogP contribution is 2.28. The summed E-state index contributed by atoms with van der Waals surface area (Å²) >= 11 is 0. The Morgan fingerprint density at radius 3 is 2.71 bits per heavy atom. The van der Waals surface area contributed by atoms with Gasteiger partial charge < -0.3 is 9.88 Å². The van der Waals surface area contributed by atoms with Crippen molar-refractivity contribution in [3.8, 4) is 11.3 Å². The molecule has 1 fully saturated rings. The molecule has 1 atom stereocenters. The first-order chi connectivity index (χ1) is 13.2. The fourth-order valence-corrected chi connectivity index (χ4v) is 5.83. The third-order valence-electron chi connectivity index (χ3n) is 5.04.